The van der Waals surface area contributed by atoms with Crippen LogP contribution in [0.2, 0.25) is 0 Å². The zero-order valence-corrected chi connectivity index (χ0v) is 7.41. The first-order valence-electron chi connectivity index (χ1n) is 3.10. The van der Waals surface area contributed by atoms with Crippen LogP contribution in [0.5, 0.6) is 0 Å². The van der Waals surface area contributed by atoms with E-state index in [1.807, 2.05) is 13.1 Å². The Morgan fingerprint density at radius 1 is 1.55 bits per heavy atom. The molecular formula is C6H5BrN4. The van der Waals surface area contributed by atoms with Crippen LogP contribution < -0.4 is 0 Å². The fourth-order valence-electron chi connectivity index (χ4n) is 0.850. The normalized spacial score (nSPS) is 10.7. The number of hydrogen-bond donors (Lipinski definition) is 0. The van der Waals surface area contributed by atoms with Gasteiger partial charge in [-0.05, 0) is 28.4 Å². The molecule has 2 heterocycles. The largest absolute Gasteiger partial charge is 0.253 e. The van der Waals surface area contributed by atoms with E-state index >= 15 is 0 Å². The summed E-state index contributed by atoms with van der Waals surface area (Å²) in [5.41, 5.74) is 1.06. The lowest BCUT2D eigenvalue weighted by molar-refractivity contribution is 0.917. The van der Waals surface area contributed by atoms with Crippen LogP contribution >= 0.6 is 15.9 Å². The smallest absolute Gasteiger partial charge is 0.219 e. The Morgan fingerprint density at radius 2 is 2.36 bits per heavy atom. The summed E-state index contributed by atoms with van der Waals surface area (Å²) in [5.74, 6) is 0.613. The molecule has 2 rings (SSSR count). The fourth-order valence-corrected chi connectivity index (χ4v) is 1.18. The maximum Gasteiger partial charge on any atom is 0.253 e. The van der Waals surface area contributed by atoms with Crippen LogP contribution in [0, 0.1) is 6.92 Å². The third-order valence-corrected chi connectivity index (χ3v) is 1.63. The summed E-state index contributed by atoms with van der Waals surface area (Å²) in [5, 5.41) is 4.03. The van der Waals surface area contributed by atoms with Crippen molar-refractivity contribution in [3.8, 4) is 0 Å². The minimum atomic E-state index is 0.565. The highest BCUT2D eigenvalue weighted by atomic mass is 79.9. The van der Waals surface area contributed by atoms with Crippen LogP contribution in [-0.2, 0) is 0 Å². The van der Waals surface area contributed by atoms with Crippen LogP contribution in [0.3, 0.4) is 0 Å². The minimum absolute atomic E-state index is 0.565. The maximum absolute atomic E-state index is 4.06. The number of halogens is 1. The van der Waals surface area contributed by atoms with E-state index in [1.165, 1.54) is 0 Å². The van der Waals surface area contributed by atoms with E-state index in [0.29, 0.717) is 10.5 Å². The number of aromatic nitrogens is 4. The molecule has 0 saturated heterocycles. The molecule has 0 N–H and O–H groups in total. The van der Waals surface area contributed by atoms with E-state index in [2.05, 4.69) is 31.0 Å². The summed E-state index contributed by atoms with van der Waals surface area (Å²) < 4.78 is 2.20. The molecule has 0 aliphatic rings. The first-order chi connectivity index (χ1) is 5.25. The van der Waals surface area contributed by atoms with E-state index in [4.69, 9.17) is 0 Å². The first kappa shape index (κ1) is 6.72. The molecule has 0 bridgehead atoms. The molecule has 0 amide bonds. The maximum atomic E-state index is 4.06. The van der Waals surface area contributed by atoms with Crippen LogP contribution in [0.15, 0.2) is 17.1 Å². The molecule has 56 valence electrons. The summed E-state index contributed by atoms with van der Waals surface area (Å²) in [6.45, 7) is 1.96. The quantitative estimate of drug-likeness (QED) is 0.660. The summed E-state index contributed by atoms with van der Waals surface area (Å²) in [6.07, 6.45) is 3.64. The average molecular weight is 213 g/mol. The van der Waals surface area contributed by atoms with Gasteiger partial charge in [-0.25, -0.2) is 9.50 Å². The molecule has 2 aromatic heterocycles. The monoisotopic (exact) mass is 212 g/mol. The number of hydrogen-bond acceptors (Lipinski definition) is 3. The number of fused-ring (bicyclic) bond motifs is 1. The molecule has 0 aliphatic carbocycles. The second-order valence-corrected chi connectivity index (χ2v) is 2.97. The second-order valence-electron chi connectivity index (χ2n) is 2.26. The molecule has 4 nitrogen and oxygen atoms in total. The van der Waals surface area contributed by atoms with Gasteiger partial charge in [-0.15, -0.1) is 5.10 Å². The summed E-state index contributed by atoms with van der Waals surface area (Å²) in [4.78, 5) is 8.07. The average Bonchev–Trinajstić information content (AvgIpc) is 2.27. The second kappa shape index (κ2) is 2.27. The molecule has 5 heteroatoms. The molecule has 0 aliphatic heterocycles. The fraction of sp³-hybridized carbons (Fsp3) is 0.167. The third-order valence-electron chi connectivity index (χ3n) is 1.30. The molecule has 2 aromatic rings. The lowest BCUT2D eigenvalue weighted by Gasteiger charge is -1.90. The van der Waals surface area contributed by atoms with Crippen molar-refractivity contribution in [1.82, 2.24) is 19.6 Å². The van der Waals surface area contributed by atoms with Gasteiger partial charge >= 0.3 is 0 Å². The predicted octanol–water partition coefficient (Wildman–Crippen LogP) is 1.20. The molecule has 0 spiro atoms. The lowest BCUT2D eigenvalue weighted by Crippen LogP contribution is -1.90. The van der Waals surface area contributed by atoms with Crippen molar-refractivity contribution >= 4 is 21.7 Å². The molecule has 0 saturated carbocycles. The van der Waals surface area contributed by atoms with Gasteiger partial charge in [0.25, 0.3) is 5.78 Å². The Kier molecular flexibility index (Phi) is 1.38. The number of aryl methyl sites for hydroxylation is 1. The van der Waals surface area contributed by atoms with Crippen molar-refractivity contribution in [1.29, 1.82) is 0 Å². The topological polar surface area (TPSA) is 43.1 Å². The zero-order valence-electron chi connectivity index (χ0n) is 5.82. The zero-order chi connectivity index (χ0) is 7.84. The highest BCUT2D eigenvalue weighted by molar-refractivity contribution is 9.10. The van der Waals surface area contributed by atoms with Crippen molar-refractivity contribution < 1.29 is 0 Å². The van der Waals surface area contributed by atoms with Crippen molar-refractivity contribution in [2.45, 2.75) is 6.92 Å². The van der Waals surface area contributed by atoms with Crippen LogP contribution in [0.4, 0.5) is 0 Å². The van der Waals surface area contributed by atoms with Crippen LogP contribution in [0.1, 0.15) is 5.56 Å². The number of rotatable bonds is 0. The van der Waals surface area contributed by atoms with Gasteiger partial charge < -0.3 is 0 Å². The predicted molar refractivity (Wildman–Crippen MR) is 43.2 cm³/mol. The van der Waals surface area contributed by atoms with E-state index < -0.39 is 0 Å². The SMILES string of the molecule is Cc1cnc2nc(Br)nn2c1. The summed E-state index contributed by atoms with van der Waals surface area (Å²) in [7, 11) is 0. The summed E-state index contributed by atoms with van der Waals surface area (Å²) >= 11 is 3.17. The van der Waals surface area contributed by atoms with Gasteiger partial charge in [-0.3, -0.25) is 0 Å². The minimum Gasteiger partial charge on any atom is -0.219 e. The molecule has 0 radical (unpaired) electrons. The Bertz CT molecular complexity index is 394. The Morgan fingerprint density at radius 3 is 3.18 bits per heavy atom. The molecule has 0 fully saturated rings. The molecule has 0 aromatic carbocycles. The van der Waals surface area contributed by atoms with Crippen molar-refractivity contribution in [2.24, 2.45) is 0 Å². The third kappa shape index (κ3) is 1.11. The van der Waals surface area contributed by atoms with Crippen LogP contribution in [-0.4, -0.2) is 19.6 Å². The molecule has 11 heavy (non-hydrogen) atoms. The Hall–Kier alpha value is -0.970. The standard InChI is InChI=1S/C6H5BrN4/c1-4-2-8-6-9-5(7)10-11(6)3-4/h2-3H,1H3. The Balaban J connectivity index is 2.82. The van der Waals surface area contributed by atoms with E-state index in [-0.39, 0.29) is 0 Å². The van der Waals surface area contributed by atoms with Gasteiger partial charge in [-0.1, -0.05) is 0 Å². The van der Waals surface area contributed by atoms with Gasteiger partial charge in [0.2, 0.25) is 4.73 Å². The lowest BCUT2D eigenvalue weighted by atomic mass is 10.4. The van der Waals surface area contributed by atoms with Crippen molar-refractivity contribution in [2.75, 3.05) is 0 Å². The van der Waals surface area contributed by atoms with Gasteiger partial charge in [-0.2, -0.15) is 4.98 Å². The highest BCUT2D eigenvalue weighted by Crippen LogP contribution is 2.04. The van der Waals surface area contributed by atoms with Crippen molar-refractivity contribution in [3.63, 3.8) is 0 Å². The van der Waals surface area contributed by atoms with Crippen molar-refractivity contribution in [3.05, 3.63) is 22.7 Å². The molecule has 0 atom stereocenters. The van der Waals surface area contributed by atoms with E-state index in [1.54, 1.807) is 10.7 Å². The molecular weight excluding hydrogens is 208 g/mol. The Labute approximate surface area is 71.4 Å². The van der Waals surface area contributed by atoms with Gasteiger partial charge in [0, 0.05) is 12.4 Å². The van der Waals surface area contributed by atoms with Crippen LogP contribution in [0.25, 0.3) is 5.78 Å². The van der Waals surface area contributed by atoms with E-state index in [9.17, 15) is 0 Å². The van der Waals surface area contributed by atoms with E-state index in [0.717, 1.165) is 5.56 Å². The first-order valence-corrected chi connectivity index (χ1v) is 3.89. The molecule has 0 unspecified atom stereocenters. The highest BCUT2D eigenvalue weighted by Gasteiger charge is 1.99. The van der Waals surface area contributed by atoms with Gasteiger partial charge in [0.15, 0.2) is 0 Å². The number of nitrogens with zero attached hydrogens (tertiary/aromatic N) is 4. The summed E-state index contributed by atoms with van der Waals surface area (Å²) in [6, 6.07) is 0. The van der Waals surface area contributed by atoms with Gasteiger partial charge in [0.1, 0.15) is 0 Å². The van der Waals surface area contributed by atoms with Gasteiger partial charge in [0.05, 0.1) is 0 Å².